The van der Waals surface area contributed by atoms with Crippen molar-refractivity contribution >= 4 is 16.9 Å². The second kappa shape index (κ2) is 8.26. The van der Waals surface area contributed by atoms with Gasteiger partial charge in [-0.3, -0.25) is 4.79 Å². The summed E-state index contributed by atoms with van der Waals surface area (Å²) in [5.41, 5.74) is 1.67. The summed E-state index contributed by atoms with van der Waals surface area (Å²) in [4.78, 5) is 16.9. The summed E-state index contributed by atoms with van der Waals surface area (Å²) in [5.74, 6) is 0.789. The fourth-order valence-electron chi connectivity index (χ4n) is 2.94. The van der Waals surface area contributed by atoms with E-state index in [4.69, 9.17) is 9.47 Å². The molecule has 0 spiro atoms. The quantitative estimate of drug-likeness (QED) is 0.649. The van der Waals surface area contributed by atoms with E-state index in [-0.39, 0.29) is 18.5 Å². The first-order chi connectivity index (χ1) is 13.4. The highest BCUT2D eigenvalue weighted by Gasteiger charge is 2.17. The van der Waals surface area contributed by atoms with Crippen molar-refractivity contribution in [3.63, 3.8) is 0 Å². The van der Waals surface area contributed by atoms with E-state index in [0.717, 1.165) is 11.0 Å². The molecule has 0 bridgehead atoms. The van der Waals surface area contributed by atoms with Gasteiger partial charge in [0, 0.05) is 29.7 Å². The van der Waals surface area contributed by atoms with Gasteiger partial charge < -0.3 is 19.9 Å². The summed E-state index contributed by atoms with van der Waals surface area (Å²) in [6.07, 6.45) is 2.25. The maximum absolute atomic E-state index is 12.5. The van der Waals surface area contributed by atoms with E-state index in [1.807, 2.05) is 13.8 Å². The topological polar surface area (TPSA) is 98.5 Å². The Morgan fingerprint density at radius 2 is 2.00 bits per heavy atom. The van der Waals surface area contributed by atoms with Gasteiger partial charge in [0.2, 0.25) is 0 Å². The van der Waals surface area contributed by atoms with Crippen LogP contribution in [0.5, 0.6) is 11.5 Å². The lowest BCUT2D eigenvalue weighted by molar-refractivity contribution is 0.0914. The number of hydrogen-bond acceptors (Lipinski definition) is 6. The minimum absolute atomic E-state index is 0.0195. The standard InChI is InChI=1S/C20H24N4O4/c1-12(2)24-19-13(10-23-24)7-14(9-21-19)20(26)22-11-17(25)16-8-15(27-3)5-6-18(16)28-4/h5-10,12,17,25H,11H2,1-4H3,(H,22,26). The van der Waals surface area contributed by atoms with Gasteiger partial charge in [-0.1, -0.05) is 0 Å². The summed E-state index contributed by atoms with van der Waals surface area (Å²) in [6, 6.07) is 7.05. The van der Waals surface area contributed by atoms with Crippen LogP contribution in [0.4, 0.5) is 0 Å². The van der Waals surface area contributed by atoms with Gasteiger partial charge >= 0.3 is 0 Å². The van der Waals surface area contributed by atoms with Crippen LogP contribution in [-0.4, -0.2) is 46.5 Å². The third-order valence-corrected chi connectivity index (χ3v) is 4.44. The van der Waals surface area contributed by atoms with Crippen LogP contribution in [0.1, 0.15) is 41.9 Å². The van der Waals surface area contributed by atoms with Gasteiger partial charge in [0.15, 0.2) is 5.65 Å². The van der Waals surface area contributed by atoms with Gasteiger partial charge in [-0.05, 0) is 38.1 Å². The number of aliphatic hydroxyl groups is 1. The molecule has 0 aliphatic carbocycles. The predicted octanol–water partition coefficient (Wildman–Crippen LogP) is 2.49. The van der Waals surface area contributed by atoms with Crippen LogP contribution in [0.2, 0.25) is 0 Å². The largest absolute Gasteiger partial charge is 0.497 e. The maximum atomic E-state index is 12.5. The first-order valence-corrected chi connectivity index (χ1v) is 8.96. The molecule has 148 valence electrons. The summed E-state index contributed by atoms with van der Waals surface area (Å²) in [6.45, 7) is 4.05. The molecule has 8 heteroatoms. The summed E-state index contributed by atoms with van der Waals surface area (Å²) in [7, 11) is 3.07. The SMILES string of the molecule is COc1ccc(OC)c(C(O)CNC(=O)c2cnc3c(cnn3C(C)C)c2)c1. The Labute approximate surface area is 163 Å². The molecule has 0 saturated carbocycles. The van der Waals surface area contributed by atoms with Crippen LogP contribution in [0.3, 0.4) is 0 Å². The monoisotopic (exact) mass is 384 g/mol. The molecule has 0 aliphatic heterocycles. The second-order valence-corrected chi connectivity index (χ2v) is 6.65. The molecular formula is C20H24N4O4. The van der Waals surface area contributed by atoms with Crippen molar-refractivity contribution < 1.29 is 19.4 Å². The molecule has 2 heterocycles. The number of aromatic nitrogens is 3. The molecule has 2 N–H and O–H groups in total. The van der Waals surface area contributed by atoms with Crippen LogP contribution < -0.4 is 14.8 Å². The van der Waals surface area contributed by atoms with Crippen molar-refractivity contribution in [1.82, 2.24) is 20.1 Å². The van der Waals surface area contributed by atoms with Gasteiger partial charge in [0.05, 0.1) is 26.0 Å². The number of nitrogens with one attached hydrogen (secondary N) is 1. The molecule has 1 amide bonds. The van der Waals surface area contributed by atoms with Gasteiger partial charge in [0.1, 0.15) is 17.6 Å². The van der Waals surface area contributed by atoms with E-state index in [2.05, 4.69) is 15.4 Å². The first kappa shape index (κ1) is 19.6. The third kappa shape index (κ3) is 3.91. The fraction of sp³-hybridized carbons (Fsp3) is 0.350. The van der Waals surface area contributed by atoms with Crippen molar-refractivity contribution in [2.45, 2.75) is 26.0 Å². The van der Waals surface area contributed by atoms with E-state index in [1.165, 1.54) is 13.3 Å². The zero-order valence-corrected chi connectivity index (χ0v) is 16.3. The van der Waals surface area contributed by atoms with E-state index < -0.39 is 6.10 Å². The van der Waals surface area contributed by atoms with Crippen molar-refractivity contribution in [2.75, 3.05) is 20.8 Å². The number of rotatable bonds is 7. The molecule has 0 radical (unpaired) electrons. The molecule has 3 aromatic rings. The Morgan fingerprint density at radius 1 is 1.21 bits per heavy atom. The number of carbonyl (C=O) groups is 1. The number of ether oxygens (including phenoxy) is 2. The maximum Gasteiger partial charge on any atom is 0.252 e. The predicted molar refractivity (Wildman–Crippen MR) is 105 cm³/mol. The Kier molecular flexibility index (Phi) is 5.79. The molecule has 1 aromatic carbocycles. The molecule has 1 unspecified atom stereocenters. The summed E-state index contributed by atoms with van der Waals surface area (Å²) >= 11 is 0. The normalized spacial score (nSPS) is 12.2. The Hall–Kier alpha value is -3.13. The number of hydrogen-bond donors (Lipinski definition) is 2. The highest BCUT2D eigenvalue weighted by molar-refractivity contribution is 5.96. The number of amides is 1. The Balaban J connectivity index is 1.72. The van der Waals surface area contributed by atoms with Crippen LogP contribution in [0.15, 0.2) is 36.7 Å². The molecule has 28 heavy (non-hydrogen) atoms. The Morgan fingerprint density at radius 3 is 2.68 bits per heavy atom. The average molecular weight is 384 g/mol. The van der Waals surface area contributed by atoms with Gasteiger partial charge in [0.25, 0.3) is 5.91 Å². The van der Waals surface area contributed by atoms with Gasteiger partial charge in [-0.25, -0.2) is 9.67 Å². The first-order valence-electron chi connectivity index (χ1n) is 8.96. The second-order valence-electron chi connectivity index (χ2n) is 6.65. The molecule has 2 aromatic heterocycles. The minimum Gasteiger partial charge on any atom is -0.497 e. The summed E-state index contributed by atoms with van der Waals surface area (Å²) in [5, 5.41) is 18.3. The number of aliphatic hydroxyl groups excluding tert-OH is 1. The van der Waals surface area contributed by atoms with Crippen molar-refractivity contribution in [3.8, 4) is 11.5 Å². The molecule has 3 rings (SSSR count). The molecule has 0 aliphatic rings. The number of nitrogens with zero attached hydrogens (tertiary/aromatic N) is 3. The molecule has 1 atom stereocenters. The van der Waals surface area contributed by atoms with Crippen LogP contribution in [-0.2, 0) is 0 Å². The highest BCUT2D eigenvalue weighted by atomic mass is 16.5. The van der Waals surface area contributed by atoms with Gasteiger partial charge in [-0.2, -0.15) is 5.10 Å². The number of fused-ring (bicyclic) bond motifs is 1. The number of methoxy groups -OCH3 is 2. The lowest BCUT2D eigenvalue weighted by Crippen LogP contribution is -2.28. The lowest BCUT2D eigenvalue weighted by atomic mass is 10.1. The van der Waals surface area contributed by atoms with Crippen molar-refractivity contribution in [1.29, 1.82) is 0 Å². The van der Waals surface area contributed by atoms with E-state index in [9.17, 15) is 9.90 Å². The molecule has 0 fully saturated rings. The molecule has 0 saturated heterocycles. The zero-order chi connectivity index (χ0) is 20.3. The lowest BCUT2D eigenvalue weighted by Gasteiger charge is -2.16. The average Bonchev–Trinajstić information content (AvgIpc) is 3.14. The third-order valence-electron chi connectivity index (χ3n) is 4.44. The van der Waals surface area contributed by atoms with Crippen LogP contribution >= 0.6 is 0 Å². The minimum atomic E-state index is -0.950. The number of pyridine rings is 1. The molecule has 8 nitrogen and oxygen atoms in total. The van der Waals surface area contributed by atoms with E-state index in [1.54, 1.807) is 42.3 Å². The zero-order valence-electron chi connectivity index (χ0n) is 16.3. The van der Waals surface area contributed by atoms with Gasteiger partial charge in [-0.15, -0.1) is 0 Å². The smallest absolute Gasteiger partial charge is 0.252 e. The van der Waals surface area contributed by atoms with E-state index in [0.29, 0.717) is 22.6 Å². The Bertz CT molecular complexity index is 983. The van der Waals surface area contributed by atoms with Crippen LogP contribution in [0, 0.1) is 0 Å². The van der Waals surface area contributed by atoms with E-state index >= 15 is 0 Å². The highest BCUT2D eigenvalue weighted by Crippen LogP contribution is 2.29. The van der Waals surface area contributed by atoms with Crippen molar-refractivity contribution in [2.24, 2.45) is 0 Å². The molecular weight excluding hydrogens is 360 g/mol. The summed E-state index contributed by atoms with van der Waals surface area (Å²) < 4.78 is 12.3. The fourth-order valence-corrected chi connectivity index (χ4v) is 2.94. The number of carbonyl (C=O) groups excluding carboxylic acids is 1. The van der Waals surface area contributed by atoms with Crippen molar-refractivity contribution in [3.05, 3.63) is 47.8 Å². The van der Waals surface area contributed by atoms with Crippen LogP contribution in [0.25, 0.3) is 11.0 Å². The number of benzene rings is 1.